The van der Waals surface area contributed by atoms with Crippen LogP contribution in [-0.2, 0) is 5.75 Å². The first kappa shape index (κ1) is 18.3. The van der Waals surface area contributed by atoms with Crippen LogP contribution >= 0.6 is 35.3 Å². The van der Waals surface area contributed by atoms with E-state index in [1.807, 2.05) is 54.6 Å². The Labute approximate surface area is 179 Å². The summed E-state index contributed by atoms with van der Waals surface area (Å²) in [5.74, 6) is 0.604. The standard InChI is InChI=1S/C22H14N2O2S3/c25-19-12-15(20-17-9-5-4-6-14(17)10-11-18(20)26-19)13-28-21-23-24(22(27)29-21)16-7-2-1-3-8-16/h1-12H,13H2. The van der Waals surface area contributed by atoms with E-state index in [4.69, 9.17) is 16.6 Å². The van der Waals surface area contributed by atoms with Crippen molar-refractivity contribution in [3.63, 3.8) is 0 Å². The molecule has 7 heteroatoms. The average molecular weight is 435 g/mol. The van der Waals surface area contributed by atoms with Crippen LogP contribution in [0.15, 0.2) is 86.3 Å². The molecule has 0 saturated carbocycles. The van der Waals surface area contributed by atoms with Crippen molar-refractivity contribution in [2.45, 2.75) is 10.1 Å². The Morgan fingerprint density at radius 2 is 1.83 bits per heavy atom. The minimum Gasteiger partial charge on any atom is -0.423 e. The zero-order valence-electron chi connectivity index (χ0n) is 15.1. The van der Waals surface area contributed by atoms with Gasteiger partial charge in [0.2, 0.25) is 0 Å². The molecule has 0 fully saturated rings. The molecule has 0 aliphatic carbocycles. The molecule has 0 unspecified atom stereocenters. The molecular weight excluding hydrogens is 420 g/mol. The summed E-state index contributed by atoms with van der Waals surface area (Å²) in [5, 5.41) is 7.82. The summed E-state index contributed by atoms with van der Waals surface area (Å²) >= 11 is 8.53. The first-order valence-electron chi connectivity index (χ1n) is 8.92. The van der Waals surface area contributed by atoms with Gasteiger partial charge in [-0.1, -0.05) is 71.6 Å². The summed E-state index contributed by atoms with van der Waals surface area (Å²) in [4.78, 5) is 12.1. The van der Waals surface area contributed by atoms with Crippen LogP contribution in [0.2, 0.25) is 0 Å². The Hall–Kier alpha value is -2.74. The second kappa shape index (κ2) is 7.59. The van der Waals surface area contributed by atoms with Gasteiger partial charge in [-0.2, -0.15) is 0 Å². The quantitative estimate of drug-likeness (QED) is 0.146. The maximum absolute atomic E-state index is 12.1. The van der Waals surface area contributed by atoms with E-state index in [0.717, 1.165) is 31.7 Å². The second-order valence-electron chi connectivity index (χ2n) is 6.42. The molecule has 3 aromatic carbocycles. The lowest BCUT2D eigenvalue weighted by Gasteiger charge is -2.07. The van der Waals surface area contributed by atoms with Crippen LogP contribution in [0.3, 0.4) is 0 Å². The fourth-order valence-corrected chi connectivity index (χ4v) is 5.67. The van der Waals surface area contributed by atoms with Crippen molar-refractivity contribution in [1.29, 1.82) is 0 Å². The van der Waals surface area contributed by atoms with Gasteiger partial charge in [0.25, 0.3) is 0 Å². The van der Waals surface area contributed by atoms with E-state index in [9.17, 15) is 4.79 Å². The van der Waals surface area contributed by atoms with E-state index in [1.54, 1.807) is 22.5 Å². The highest BCUT2D eigenvalue weighted by Crippen LogP contribution is 2.32. The molecule has 0 saturated heterocycles. The van der Waals surface area contributed by atoms with Crippen LogP contribution in [0.4, 0.5) is 0 Å². The fraction of sp³-hybridized carbons (Fsp3) is 0.0455. The van der Waals surface area contributed by atoms with Crippen molar-refractivity contribution < 1.29 is 4.42 Å². The highest BCUT2D eigenvalue weighted by molar-refractivity contribution is 8.00. The van der Waals surface area contributed by atoms with E-state index in [-0.39, 0.29) is 5.63 Å². The monoisotopic (exact) mass is 434 g/mol. The van der Waals surface area contributed by atoms with Crippen LogP contribution in [0, 0.1) is 3.95 Å². The van der Waals surface area contributed by atoms with Crippen LogP contribution in [0.1, 0.15) is 5.56 Å². The zero-order chi connectivity index (χ0) is 19.8. The highest BCUT2D eigenvalue weighted by atomic mass is 32.2. The van der Waals surface area contributed by atoms with E-state index in [2.05, 4.69) is 17.2 Å². The Bertz CT molecular complexity index is 1450. The lowest BCUT2D eigenvalue weighted by Crippen LogP contribution is -2.00. The largest absolute Gasteiger partial charge is 0.423 e. The third-order valence-corrected chi connectivity index (χ3v) is 7.01. The fourth-order valence-electron chi connectivity index (χ4n) is 3.32. The molecule has 2 heterocycles. The number of fused-ring (bicyclic) bond motifs is 3. The summed E-state index contributed by atoms with van der Waals surface area (Å²) < 4.78 is 8.78. The minimum absolute atomic E-state index is 0.342. The first-order chi connectivity index (χ1) is 14.2. The predicted octanol–water partition coefficient (Wildman–Crippen LogP) is 6.22. The number of nitrogens with zero attached hydrogens (tertiary/aromatic N) is 2. The number of benzene rings is 3. The van der Waals surface area contributed by atoms with E-state index in [0.29, 0.717) is 15.3 Å². The number of hydrogen-bond acceptors (Lipinski definition) is 6. The SMILES string of the molecule is O=c1cc(CSc2nn(-c3ccccc3)c(=S)s2)c2c(ccc3ccccc32)o1. The van der Waals surface area contributed by atoms with Gasteiger partial charge in [0, 0.05) is 17.2 Å². The van der Waals surface area contributed by atoms with Gasteiger partial charge < -0.3 is 4.42 Å². The van der Waals surface area contributed by atoms with Gasteiger partial charge >= 0.3 is 5.63 Å². The summed E-state index contributed by atoms with van der Waals surface area (Å²) in [6.45, 7) is 0. The van der Waals surface area contributed by atoms with Crippen molar-refractivity contribution >= 4 is 57.1 Å². The molecule has 5 rings (SSSR count). The third kappa shape index (κ3) is 3.53. The molecule has 0 radical (unpaired) electrons. The molecule has 5 aromatic rings. The normalized spacial score (nSPS) is 11.3. The molecule has 0 aliphatic heterocycles. The third-order valence-electron chi connectivity index (χ3n) is 4.60. The number of thioether (sulfide) groups is 1. The van der Waals surface area contributed by atoms with Crippen LogP contribution < -0.4 is 5.63 Å². The van der Waals surface area contributed by atoms with Crippen LogP contribution in [-0.4, -0.2) is 9.78 Å². The van der Waals surface area contributed by atoms with Gasteiger partial charge in [-0.05, 0) is 46.8 Å². The zero-order valence-corrected chi connectivity index (χ0v) is 17.5. The molecule has 2 aromatic heterocycles. The van der Waals surface area contributed by atoms with Crippen molar-refractivity contribution in [1.82, 2.24) is 9.78 Å². The van der Waals surface area contributed by atoms with E-state index in [1.165, 1.54) is 11.3 Å². The van der Waals surface area contributed by atoms with Gasteiger partial charge in [-0.3, -0.25) is 0 Å². The van der Waals surface area contributed by atoms with Gasteiger partial charge in [0.1, 0.15) is 5.58 Å². The average Bonchev–Trinajstić information content (AvgIpc) is 3.12. The van der Waals surface area contributed by atoms with Crippen molar-refractivity contribution in [2.75, 3.05) is 0 Å². The number of rotatable bonds is 4. The topological polar surface area (TPSA) is 48.0 Å². The minimum atomic E-state index is -0.342. The maximum Gasteiger partial charge on any atom is 0.336 e. The smallest absolute Gasteiger partial charge is 0.336 e. The van der Waals surface area contributed by atoms with Crippen molar-refractivity contribution in [2.24, 2.45) is 0 Å². The van der Waals surface area contributed by atoms with E-state index >= 15 is 0 Å². The second-order valence-corrected chi connectivity index (χ2v) is 9.27. The van der Waals surface area contributed by atoms with Crippen molar-refractivity contribution in [3.05, 3.63) is 92.7 Å². The molecule has 29 heavy (non-hydrogen) atoms. The first-order valence-corrected chi connectivity index (χ1v) is 11.1. The number of para-hydroxylation sites is 1. The molecule has 0 atom stereocenters. The van der Waals surface area contributed by atoms with Gasteiger partial charge in [0.15, 0.2) is 8.29 Å². The maximum atomic E-state index is 12.1. The number of hydrogen-bond donors (Lipinski definition) is 0. The summed E-state index contributed by atoms with van der Waals surface area (Å²) in [6, 6.07) is 23.4. The van der Waals surface area contributed by atoms with Crippen molar-refractivity contribution in [3.8, 4) is 5.69 Å². The lowest BCUT2D eigenvalue weighted by atomic mass is 10.0. The van der Waals surface area contributed by atoms with Gasteiger partial charge in [-0.25, -0.2) is 9.48 Å². The Kier molecular flexibility index (Phi) is 4.79. The Morgan fingerprint density at radius 3 is 2.69 bits per heavy atom. The van der Waals surface area contributed by atoms with Gasteiger partial charge in [-0.15, -0.1) is 5.10 Å². The molecular formula is C22H14N2O2S3. The Balaban J connectivity index is 1.54. The molecule has 142 valence electrons. The summed E-state index contributed by atoms with van der Waals surface area (Å²) in [6.07, 6.45) is 0. The summed E-state index contributed by atoms with van der Waals surface area (Å²) in [7, 11) is 0. The highest BCUT2D eigenvalue weighted by Gasteiger charge is 2.12. The number of aromatic nitrogens is 2. The molecule has 0 spiro atoms. The van der Waals surface area contributed by atoms with Crippen LogP contribution in [0.25, 0.3) is 27.4 Å². The molecule has 4 nitrogen and oxygen atoms in total. The molecule has 0 bridgehead atoms. The molecule has 0 amide bonds. The van der Waals surface area contributed by atoms with Crippen LogP contribution in [0.5, 0.6) is 0 Å². The molecule has 0 aliphatic rings. The lowest BCUT2D eigenvalue weighted by molar-refractivity contribution is 0.560. The van der Waals surface area contributed by atoms with E-state index < -0.39 is 0 Å². The molecule has 0 N–H and O–H groups in total. The van der Waals surface area contributed by atoms with Gasteiger partial charge in [0.05, 0.1) is 5.69 Å². The summed E-state index contributed by atoms with van der Waals surface area (Å²) in [5.41, 5.74) is 2.14. The Morgan fingerprint density at radius 1 is 1.03 bits per heavy atom. The predicted molar refractivity (Wildman–Crippen MR) is 122 cm³/mol.